The lowest BCUT2D eigenvalue weighted by Crippen LogP contribution is -2.43. The Kier molecular flexibility index (Phi) is 3.94. The Balaban J connectivity index is 1.51. The van der Waals surface area contributed by atoms with Gasteiger partial charge in [0.05, 0.1) is 12.2 Å². The first-order chi connectivity index (χ1) is 10.8. The summed E-state index contributed by atoms with van der Waals surface area (Å²) in [6.07, 6.45) is 8.14. The van der Waals surface area contributed by atoms with Gasteiger partial charge < -0.3 is 14.8 Å². The van der Waals surface area contributed by atoms with Gasteiger partial charge in [0.25, 0.3) is 0 Å². The molecule has 2 aliphatic rings. The van der Waals surface area contributed by atoms with Gasteiger partial charge in [0.15, 0.2) is 0 Å². The molecule has 0 unspecified atom stereocenters. The molecule has 0 bridgehead atoms. The number of amides is 2. The monoisotopic (exact) mass is 318 g/mol. The Morgan fingerprint density at radius 2 is 2.17 bits per heavy atom. The predicted molar refractivity (Wildman–Crippen MR) is 86.5 cm³/mol. The van der Waals surface area contributed by atoms with Crippen LogP contribution in [-0.4, -0.2) is 44.9 Å². The Labute approximate surface area is 137 Å². The fourth-order valence-electron chi connectivity index (χ4n) is 3.29. The van der Waals surface area contributed by atoms with Gasteiger partial charge in [-0.25, -0.2) is 4.98 Å². The summed E-state index contributed by atoms with van der Waals surface area (Å²) in [4.78, 5) is 30.4. The quantitative estimate of drug-likeness (QED) is 0.893. The first-order valence-corrected chi connectivity index (χ1v) is 8.33. The minimum atomic E-state index is -0.217. The van der Waals surface area contributed by atoms with Gasteiger partial charge in [0.1, 0.15) is 0 Å². The summed E-state index contributed by atoms with van der Waals surface area (Å²) < 4.78 is 2.07. The molecule has 6 heteroatoms. The highest BCUT2D eigenvalue weighted by Crippen LogP contribution is 2.46. The molecule has 6 nitrogen and oxygen atoms in total. The van der Waals surface area contributed by atoms with Crippen molar-refractivity contribution in [1.82, 2.24) is 19.8 Å². The molecule has 0 radical (unpaired) electrons. The molecule has 0 aromatic carbocycles. The standard InChI is InChI=1S/C17H26N4O2/c1-16(2,3)21-9-13(8-14(21)22)15(23)19-10-17(4-5-17)11-20-7-6-18-12-20/h6-7,12-13H,4-5,8-11H2,1-3H3,(H,19,23)/t13-/m0/s1. The Morgan fingerprint density at radius 3 is 2.70 bits per heavy atom. The highest BCUT2D eigenvalue weighted by Gasteiger charge is 2.44. The van der Waals surface area contributed by atoms with Crippen molar-refractivity contribution < 1.29 is 9.59 Å². The molecule has 1 atom stereocenters. The first-order valence-electron chi connectivity index (χ1n) is 8.33. The molecule has 0 spiro atoms. The van der Waals surface area contributed by atoms with E-state index in [1.54, 1.807) is 6.20 Å². The van der Waals surface area contributed by atoms with Gasteiger partial charge in [-0.1, -0.05) is 0 Å². The van der Waals surface area contributed by atoms with Crippen LogP contribution in [0.15, 0.2) is 18.7 Å². The fourth-order valence-corrected chi connectivity index (χ4v) is 3.29. The highest BCUT2D eigenvalue weighted by atomic mass is 16.2. The highest BCUT2D eigenvalue weighted by molar-refractivity contribution is 5.89. The summed E-state index contributed by atoms with van der Waals surface area (Å²) in [5.74, 6) is -0.120. The predicted octanol–water partition coefficient (Wildman–Crippen LogP) is 1.43. The molecule has 2 amide bonds. The summed E-state index contributed by atoms with van der Waals surface area (Å²) >= 11 is 0. The molecule has 1 aromatic rings. The second-order valence-corrected chi connectivity index (χ2v) is 8.03. The van der Waals surface area contributed by atoms with E-state index >= 15 is 0 Å². The minimum absolute atomic E-state index is 0.0157. The molecule has 1 saturated heterocycles. The average molecular weight is 318 g/mol. The lowest BCUT2D eigenvalue weighted by Gasteiger charge is -2.32. The zero-order valence-corrected chi connectivity index (χ0v) is 14.2. The van der Waals surface area contributed by atoms with E-state index in [1.807, 2.05) is 38.2 Å². The smallest absolute Gasteiger partial charge is 0.225 e. The van der Waals surface area contributed by atoms with Crippen molar-refractivity contribution in [2.75, 3.05) is 13.1 Å². The molecular formula is C17H26N4O2. The van der Waals surface area contributed by atoms with Crippen LogP contribution in [-0.2, 0) is 16.1 Å². The molecule has 2 fully saturated rings. The van der Waals surface area contributed by atoms with Gasteiger partial charge in [-0.05, 0) is 33.6 Å². The molecule has 23 heavy (non-hydrogen) atoms. The van der Waals surface area contributed by atoms with Crippen LogP contribution >= 0.6 is 0 Å². The molecule has 1 aromatic heterocycles. The number of nitrogens with one attached hydrogen (secondary N) is 1. The van der Waals surface area contributed by atoms with Crippen molar-refractivity contribution >= 4 is 11.8 Å². The van der Waals surface area contributed by atoms with E-state index in [-0.39, 0.29) is 28.7 Å². The van der Waals surface area contributed by atoms with Gasteiger partial charge in [0.2, 0.25) is 11.8 Å². The Hall–Kier alpha value is -1.85. The Morgan fingerprint density at radius 1 is 1.43 bits per heavy atom. The number of likely N-dealkylation sites (tertiary alicyclic amines) is 1. The van der Waals surface area contributed by atoms with Gasteiger partial charge >= 0.3 is 0 Å². The maximum Gasteiger partial charge on any atom is 0.225 e. The van der Waals surface area contributed by atoms with Gasteiger partial charge in [-0.3, -0.25) is 9.59 Å². The van der Waals surface area contributed by atoms with Crippen LogP contribution < -0.4 is 5.32 Å². The molecule has 1 aliphatic heterocycles. The van der Waals surface area contributed by atoms with Crippen molar-refractivity contribution in [1.29, 1.82) is 0 Å². The molecule has 1 saturated carbocycles. The van der Waals surface area contributed by atoms with E-state index in [4.69, 9.17) is 0 Å². The van der Waals surface area contributed by atoms with Crippen molar-refractivity contribution in [2.45, 2.75) is 52.1 Å². The molecule has 2 heterocycles. The Bertz CT molecular complexity index is 584. The molecule has 1 aliphatic carbocycles. The normalized spacial score (nSPS) is 23.2. The van der Waals surface area contributed by atoms with Crippen LogP contribution in [0.25, 0.3) is 0 Å². The summed E-state index contributed by atoms with van der Waals surface area (Å²) in [5.41, 5.74) is -0.0477. The third-order valence-electron chi connectivity index (χ3n) is 4.98. The number of aromatic nitrogens is 2. The maximum absolute atomic E-state index is 12.4. The van der Waals surface area contributed by atoms with E-state index < -0.39 is 0 Å². The number of nitrogens with zero attached hydrogens (tertiary/aromatic N) is 3. The lowest BCUT2D eigenvalue weighted by molar-refractivity contribution is -0.132. The largest absolute Gasteiger partial charge is 0.355 e. The number of carbonyl (C=O) groups excluding carboxylic acids is 2. The average Bonchev–Trinajstić information content (AvgIpc) is 2.86. The summed E-state index contributed by atoms with van der Waals surface area (Å²) in [6, 6.07) is 0. The minimum Gasteiger partial charge on any atom is -0.355 e. The number of rotatable bonds is 5. The molecule has 126 valence electrons. The zero-order valence-electron chi connectivity index (χ0n) is 14.2. The number of imidazole rings is 1. The van der Waals surface area contributed by atoms with E-state index in [9.17, 15) is 9.59 Å². The van der Waals surface area contributed by atoms with Crippen molar-refractivity contribution in [3.8, 4) is 0 Å². The second-order valence-electron chi connectivity index (χ2n) is 8.03. The number of hydrogen-bond acceptors (Lipinski definition) is 3. The third-order valence-corrected chi connectivity index (χ3v) is 4.98. The van der Waals surface area contributed by atoms with Crippen LogP contribution in [0, 0.1) is 11.3 Å². The third kappa shape index (κ3) is 3.57. The maximum atomic E-state index is 12.4. The van der Waals surface area contributed by atoms with E-state index in [1.165, 1.54) is 0 Å². The van der Waals surface area contributed by atoms with Crippen molar-refractivity contribution in [3.05, 3.63) is 18.7 Å². The SMILES string of the molecule is CC(C)(C)N1C[C@@H](C(=O)NCC2(Cn3ccnc3)CC2)CC1=O. The second kappa shape index (κ2) is 5.65. The number of carbonyl (C=O) groups is 2. The van der Waals surface area contributed by atoms with E-state index in [2.05, 4.69) is 14.9 Å². The van der Waals surface area contributed by atoms with Crippen molar-refractivity contribution in [2.24, 2.45) is 11.3 Å². The summed E-state index contributed by atoms with van der Waals surface area (Å²) in [7, 11) is 0. The van der Waals surface area contributed by atoms with Crippen LogP contribution in [0.4, 0.5) is 0 Å². The van der Waals surface area contributed by atoms with E-state index in [0.29, 0.717) is 19.5 Å². The van der Waals surface area contributed by atoms with Crippen LogP contribution in [0.2, 0.25) is 0 Å². The molecular weight excluding hydrogens is 292 g/mol. The van der Waals surface area contributed by atoms with Crippen LogP contribution in [0.3, 0.4) is 0 Å². The molecule has 1 N–H and O–H groups in total. The van der Waals surface area contributed by atoms with Crippen LogP contribution in [0.5, 0.6) is 0 Å². The van der Waals surface area contributed by atoms with Gasteiger partial charge in [-0.2, -0.15) is 0 Å². The lowest BCUT2D eigenvalue weighted by atomic mass is 10.0. The molecule has 3 rings (SSSR count). The number of hydrogen-bond donors (Lipinski definition) is 1. The topological polar surface area (TPSA) is 67.2 Å². The van der Waals surface area contributed by atoms with E-state index in [0.717, 1.165) is 19.4 Å². The summed E-state index contributed by atoms with van der Waals surface area (Å²) in [5, 5.41) is 3.08. The van der Waals surface area contributed by atoms with Gasteiger partial charge in [0, 0.05) is 49.4 Å². The van der Waals surface area contributed by atoms with Crippen molar-refractivity contribution in [3.63, 3.8) is 0 Å². The van der Waals surface area contributed by atoms with Gasteiger partial charge in [-0.15, -0.1) is 0 Å². The fraction of sp³-hybridized carbons (Fsp3) is 0.706. The summed E-state index contributed by atoms with van der Waals surface area (Å²) in [6.45, 7) is 8.14. The first kappa shape index (κ1) is 16.0. The van der Waals surface area contributed by atoms with Crippen LogP contribution in [0.1, 0.15) is 40.0 Å². The zero-order chi connectivity index (χ0) is 16.7.